The highest BCUT2D eigenvalue weighted by Gasteiger charge is 2.14. The van der Waals surface area contributed by atoms with Crippen LogP contribution in [0.3, 0.4) is 0 Å². The quantitative estimate of drug-likeness (QED) is 0.622. The van der Waals surface area contributed by atoms with E-state index >= 15 is 0 Å². The van der Waals surface area contributed by atoms with Crippen LogP contribution in [0.5, 0.6) is 0 Å². The first kappa shape index (κ1) is 11.8. The largest absolute Gasteiger partial charge is 0.469 e. The predicted molar refractivity (Wildman–Crippen MR) is 57.7 cm³/mol. The van der Waals surface area contributed by atoms with E-state index in [-0.39, 0.29) is 6.42 Å². The van der Waals surface area contributed by atoms with E-state index in [2.05, 4.69) is 25.7 Å². The van der Waals surface area contributed by atoms with E-state index in [1.807, 2.05) is 0 Å². The maximum atomic E-state index is 11.0. The summed E-state index contributed by atoms with van der Waals surface area (Å²) in [4.78, 5) is 14.9. The van der Waals surface area contributed by atoms with Crippen molar-refractivity contribution in [3.05, 3.63) is 26.4 Å². The number of ether oxygens (including phenoxy) is 1. The first-order valence-electron chi connectivity index (χ1n) is 3.61. The summed E-state index contributed by atoms with van der Waals surface area (Å²) in [6.45, 7) is 0. The number of esters is 1. The molecular formula is C8H6BrCl2NO2. The Hall–Kier alpha value is -0.320. The summed E-state index contributed by atoms with van der Waals surface area (Å²) in [5, 5.41) is 0.687. The van der Waals surface area contributed by atoms with E-state index in [4.69, 9.17) is 23.2 Å². The number of carbonyl (C=O) groups is 1. The van der Waals surface area contributed by atoms with Gasteiger partial charge < -0.3 is 4.74 Å². The Bertz CT molecular complexity index is 371. The van der Waals surface area contributed by atoms with Gasteiger partial charge in [0.05, 0.1) is 23.6 Å². The molecule has 1 aromatic rings. The molecule has 0 aliphatic rings. The Morgan fingerprint density at radius 2 is 2.29 bits per heavy atom. The second-order valence-corrected chi connectivity index (χ2v) is 3.98. The molecule has 6 heteroatoms. The number of nitrogens with zero attached hydrogens (tertiary/aromatic N) is 1. The van der Waals surface area contributed by atoms with Gasteiger partial charge >= 0.3 is 5.97 Å². The van der Waals surface area contributed by atoms with Crippen LogP contribution in [0.4, 0.5) is 0 Å². The lowest BCUT2D eigenvalue weighted by molar-refractivity contribution is -0.139. The number of methoxy groups -OCH3 is 1. The minimum atomic E-state index is -0.396. The summed E-state index contributed by atoms with van der Waals surface area (Å²) >= 11 is 14.9. The second-order valence-electron chi connectivity index (χ2n) is 2.44. The minimum absolute atomic E-state index is 0.0370. The van der Waals surface area contributed by atoms with Crippen molar-refractivity contribution in [3.63, 3.8) is 0 Å². The smallest absolute Gasteiger partial charge is 0.310 e. The first-order valence-corrected chi connectivity index (χ1v) is 5.16. The average molecular weight is 299 g/mol. The van der Waals surface area contributed by atoms with Gasteiger partial charge in [0, 0.05) is 11.8 Å². The number of halogens is 3. The van der Waals surface area contributed by atoms with Crippen molar-refractivity contribution in [3.8, 4) is 0 Å². The maximum absolute atomic E-state index is 11.0. The molecule has 0 N–H and O–H groups in total. The van der Waals surface area contributed by atoms with Gasteiger partial charge in [0.2, 0.25) is 0 Å². The van der Waals surface area contributed by atoms with Gasteiger partial charge in [-0.2, -0.15) is 0 Å². The number of pyridine rings is 1. The molecule has 0 saturated carbocycles. The molecule has 0 saturated heterocycles. The molecule has 0 bridgehead atoms. The Balaban J connectivity index is 3.06. The highest BCUT2D eigenvalue weighted by molar-refractivity contribution is 9.10. The van der Waals surface area contributed by atoms with Crippen molar-refractivity contribution in [2.24, 2.45) is 0 Å². The van der Waals surface area contributed by atoms with Crippen LogP contribution in [-0.2, 0) is 16.0 Å². The number of hydrogen-bond acceptors (Lipinski definition) is 3. The van der Waals surface area contributed by atoms with Crippen molar-refractivity contribution >= 4 is 45.1 Å². The first-order chi connectivity index (χ1) is 6.56. The second kappa shape index (κ2) is 4.96. The third-order valence-corrected chi connectivity index (χ3v) is 3.14. The number of hydrogen-bond donors (Lipinski definition) is 0. The molecule has 0 fully saturated rings. The van der Waals surface area contributed by atoms with Gasteiger partial charge in [-0.3, -0.25) is 4.79 Å². The molecule has 0 aliphatic carbocycles. The van der Waals surface area contributed by atoms with Crippen molar-refractivity contribution < 1.29 is 9.53 Å². The summed E-state index contributed by atoms with van der Waals surface area (Å²) in [6, 6.07) is 0. The van der Waals surface area contributed by atoms with Gasteiger partial charge in [0.15, 0.2) is 0 Å². The molecule has 0 radical (unpaired) electrons. The molecule has 0 unspecified atom stereocenters. The van der Waals surface area contributed by atoms with Gasteiger partial charge in [-0.25, -0.2) is 4.98 Å². The number of carbonyl (C=O) groups excluding carboxylic acids is 1. The number of aromatic nitrogens is 1. The zero-order valence-electron chi connectivity index (χ0n) is 7.18. The van der Waals surface area contributed by atoms with Gasteiger partial charge in [-0.1, -0.05) is 23.2 Å². The molecule has 1 rings (SSSR count). The van der Waals surface area contributed by atoms with Crippen LogP contribution >= 0.6 is 39.1 Å². The third kappa shape index (κ3) is 2.59. The molecule has 0 amide bonds. The minimum Gasteiger partial charge on any atom is -0.469 e. The lowest BCUT2D eigenvalue weighted by Crippen LogP contribution is -2.06. The Morgan fingerprint density at radius 3 is 2.86 bits per heavy atom. The van der Waals surface area contributed by atoms with Gasteiger partial charge in [-0.15, -0.1) is 0 Å². The van der Waals surface area contributed by atoms with Crippen LogP contribution in [0.2, 0.25) is 10.0 Å². The van der Waals surface area contributed by atoms with Crippen molar-refractivity contribution in [1.29, 1.82) is 0 Å². The molecule has 76 valence electrons. The summed E-state index contributed by atoms with van der Waals surface area (Å²) in [5.74, 6) is -0.396. The summed E-state index contributed by atoms with van der Waals surface area (Å²) in [5.41, 5.74) is 0.516. The van der Waals surface area contributed by atoms with Crippen LogP contribution in [-0.4, -0.2) is 18.1 Å². The highest BCUT2D eigenvalue weighted by atomic mass is 79.9. The normalized spacial score (nSPS) is 10.0. The fourth-order valence-corrected chi connectivity index (χ4v) is 1.67. The van der Waals surface area contributed by atoms with Crippen molar-refractivity contribution in [2.75, 3.05) is 7.11 Å². The van der Waals surface area contributed by atoms with Crippen LogP contribution in [0.25, 0.3) is 0 Å². The van der Waals surface area contributed by atoms with Crippen molar-refractivity contribution in [1.82, 2.24) is 4.98 Å². The van der Waals surface area contributed by atoms with E-state index in [0.717, 1.165) is 0 Å². The maximum Gasteiger partial charge on any atom is 0.310 e. The molecule has 0 aliphatic heterocycles. The fourth-order valence-electron chi connectivity index (χ4n) is 0.856. The lowest BCUT2D eigenvalue weighted by atomic mass is 10.2. The van der Waals surface area contributed by atoms with Crippen molar-refractivity contribution in [2.45, 2.75) is 6.42 Å². The molecular weight excluding hydrogens is 293 g/mol. The van der Waals surface area contributed by atoms with E-state index in [0.29, 0.717) is 20.2 Å². The van der Waals surface area contributed by atoms with Crippen LogP contribution in [0.15, 0.2) is 10.8 Å². The zero-order chi connectivity index (χ0) is 10.7. The molecule has 1 heterocycles. The predicted octanol–water partition coefficient (Wildman–Crippen LogP) is 2.87. The third-order valence-electron chi connectivity index (χ3n) is 1.57. The highest BCUT2D eigenvalue weighted by Crippen LogP contribution is 2.29. The van der Waals surface area contributed by atoms with Gasteiger partial charge in [-0.05, 0) is 15.9 Å². The molecule has 14 heavy (non-hydrogen) atoms. The molecule has 0 aromatic carbocycles. The number of rotatable bonds is 2. The molecule has 1 aromatic heterocycles. The topological polar surface area (TPSA) is 39.2 Å². The van der Waals surface area contributed by atoms with Crippen LogP contribution in [0, 0.1) is 0 Å². The Kier molecular flexibility index (Phi) is 4.16. The van der Waals surface area contributed by atoms with E-state index in [9.17, 15) is 4.79 Å². The molecule has 3 nitrogen and oxygen atoms in total. The summed E-state index contributed by atoms with van der Waals surface area (Å²) in [7, 11) is 1.31. The standard InChI is InChI=1S/C8H6BrCl2NO2/c1-14-6(13)2-4-5(10)3-12-8(9)7(4)11/h3H,2H2,1H3. The van der Waals surface area contributed by atoms with E-state index in [1.165, 1.54) is 13.3 Å². The van der Waals surface area contributed by atoms with Gasteiger partial charge in [0.25, 0.3) is 0 Å². The molecule has 0 atom stereocenters. The van der Waals surface area contributed by atoms with E-state index < -0.39 is 5.97 Å². The zero-order valence-corrected chi connectivity index (χ0v) is 10.3. The summed E-state index contributed by atoms with van der Waals surface area (Å²) in [6.07, 6.45) is 1.46. The fraction of sp³-hybridized carbons (Fsp3) is 0.250. The lowest BCUT2D eigenvalue weighted by Gasteiger charge is -2.06. The Labute approximate surface area is 99.5 Å². The summed E-state index contributed by atoms with van der Waals surface area (Å²) < 4.78 is 4.97. The average Bonchev–Trinajstić information content (AvgIpc) is 2.18. The van der Waals surface area contributed by atoms with Crippen LogP contribution < -0.4 is 0 Å². The molecule has 0 spiro atoms. The van der Waals surface area contributed by atoms with Gasteiger partial charge in [0.1, 0.15) is 4.60 Å². The monoisotopic (exact) mass is 297 g/mol. The van der Waals surface area contributed by atoms with Crippen LogP contribution in [0.1, 0.15) is 5.56 Å². The SMILES string of the molecule is COC(=O)Cc1c(Cl)cnc(Br)c1Cl. The van der Waals surface area contributed by atoms with E-state index in [1.54, 1.807) is 0 Å². The Morgan fingerprint density at radius 1 is 1.64 bits per heavy atom.